The molecule has 0 spiro atoms. The molecule has 0 saturated carbocycles. The van der Waals surface area contributed by atoms with Gasteiger partial charge in [0.15, 0.2) is 0 Å². The summed E-state index contributed by atoms with van der Waals surface area (Å²) < 4.78 is 0. The molecule has 1 aliphatic carbocycles. The van der Waals surface area contributed by atoms with E-state index < -0.39 is 0 Å². The largest absolute Gasteiger partial charge is 0.252 e. The van der Waals surface area contributed by atoms with Crippen LogP contribution in [0.4, 0.5) is 0 Å². The van der Waals surface area contributed by atoms with Gasteiger partial charge in [0.2, 0.25) is 0 Å². The fourth-order valence-corrected chi connectivity index (χ4v) is 2.90. The first-order valence-electron chi connectivity index (χ1n) is 7.21. The van der Waals surface area contributed by atoms with E-state index in [1.807, 2.05) is 6.07 Å². The molecule has 4 rings (SSSR count). The first-order valence-corrected chi connectivity index (χ1v) is 7.21. The van der Waals surface area contributed by atoms with E-state index in [4.69, 9.17) is 4.98 Å². The molecule has 1 aliphatic rings. The maximum absolute atomic E-state index is 4.87. The molecule has 3 aromatic rings. The van der Waals surface area contributed by atoms with Gasteiger partial charge in [0, 0.05) is 11.5 Å². The molecule has 1 aromatic heterocycles. The number of pyridine rings is 1. The maximum Gasteiger partial charge on any atom is 0.0705 e. The molecule has 21 heavy (non-hydrogen) atoms. The van der Waals surface area contributed by atoms with Gasteiger partial charge < -0.3 is 0 Å². The number of allylic oxidation sites excluding steroid dienone is 1. The second-order valence-corrected chi connectivity index (χ2v) is 5.28. The molecule has 1 unspecified atom stereocenters. The molecule has 0 N–H and O–H groups in total. The van der Waals surface area contributed by atoms with Gasteiger partial charge in [-0.2, -0.15) is 0 Å². The zero-order valence-corrected chi connectivity index (χ0v) is 11.6. The highest BCUT2D eigenvalue weighted by Gasteiger charge is 2.19. The van der Waals surface area contributed by atoms with Gasteiger partial charge in [-0.15, -0.1) is 0 Å². The molecule has 0 fully saturated rings. The molecule has 2 aromatic carbocycles. The first-order chi connectivity index (χ1) is 10.4. The Labute approximate surface area is 124 Å². The van der Waals surface area contributed by atoms with Gasteiger partial charge in [0.1, 0.15) is 0 Å². The van der Waals surface area contributed by atoms with E-state index in [9.17, 15) is 0 Å². The monoisotopic (exact) mass is 269 g/mol. The molecule has 100 valence electrons. The van der Waals surface area contributed by atoms with Gasteiger partial charge in [-0.25, -0.2) is 0 Å². The minimum atomic E-state index is 0.268. The number of rotatable bonds is 2. The van der Waals surface area contributed by atoms with E-state index >= 15 is 0 Å². The van der Waals surface area contributed by atoms with Crippen molar-refractivity contribution in [2.75, 3.05) is 0 Å². The third kappa shape index (κ3) is 2.17. The van der Waals surface area contributed by atoms with Crippen molar-refractivity contribution in [3.05, 3.63) is 95.7 Å². The van der Waals surface area contributed by atoms with Gasteiger partial charge >= 0.3 is 0 Å². The number of hydrogen-bond acceptors (Lipinski definition) is 1. The second kappa shape index (κ2) is 5.02. The Morgan fingerprint density at radius 1 is 0.714 bits per heavy atom. The lowest BCUT2D eigenvalue weighted by atomic mass is 9.96. The standard InChI is InChI=1S/C20H15N/c1-2-8-16(9-3-1)19-11-6-12-20(21-19)18-14-13-15-7-4-5-10-17(15)18/h1-14,18H. The quantitative estimate of drug-likeness (QED) is 0.644. The topological polar surface area (TPSA) is 12.9 Å². The molecule has 1 nitrogen and oxygen atoms in total. The molecule has 0 aliphatic heterocycles. The predicted octanol–water partition coefficient (Wildman–Crippen LogP) is 4.91. The fraction of sp³-hybridized carbons (Fsp3) is 0.0500. The Morgan fingerprint density at radius 3 is 2.43 bits per heavy atom. The molecule has 0 bridgehead atoms. The Bertz CT molecular complexity index is 803. The van der Waals surface area contributed by atoms with Crippen LogP contribution < -0.4 is 0 Å². The van der Waals surface area contributed by atoms with Crippen LogP contribution in [0.1, 0.15) is 22.7 Å². The van der Waals surface area contributed by atoms with Crippen LogP contribution in [0, 0.1) is 0 Å². The summed E-state index contributed by atoms with van der Waals surface area (Å²) in [5, 5.41) is 0. The summed E-state index contributed by atoms with van der Waals surface area (Å²) >= 11 is 0. The summed E-state index contributed by atoms with van der Waals surface area (Å²) in [6, 6.07) is 25.1. The second-order valence-electron chi connectivity index (χ2n) is 5.28. The van der Waals surface area contributed by atoms with Gasteiger partial charge in [-0.1, -0.05) is 72.8 Å². The lowest BCUT2D eigenvalue weighted by Gasteiger charge is -2.12. The highest BCUT2D eigenvalue weighted by Crippen LogP contribution is 2.34. The normalized spacial score (nSPS) is 15.9. The minimum Gasteiger partial charge on any atom is -0.252 e. The number of aromatic nitrogens is 1. The van der Waals surface area contributed by atoms with Crippen molar-refractivity contribution in [3.63, 3.8) is 0 Å². The molecule has 0 saturated heterocycles. The van der Waals surface area contributed by atoms with Crippen LogP contribution in [0.25, 0.3) is 17.3 Å². The van der Waals surface area contributed by atoms with Crippen LogP contribution in [-0.4, -0.2) is 4.98 Å². The van der Waals surface area contributed by atoms with Crippen molar-refractivity contribution in [2.24, 2.45) is 0 Å². The molecule has 1 heterocycles. The van der Waals surface area contributed by atoms with Gasteiger partial charge in [-0.05, 0) is 23.3 Å². The lowest BCUT2D eigenvalue weighted by molar-refractivity contribution is 0.974. The van der Waals surface area contributed by atoms with Crippen LogP contribution in [0.5, 0.6) is 0 Å². The van der Waals surface area contributed by atoms with E-state index in [2.05, 4.69) is 78.9 Å². The van der Waals surface area contributed by atoms with Crippen molar-refractivity contribution >= 4 is 6.08 Å². The zero-order valence-electron chi connectivity index (χ0n) is 11.6. The lowest BCUT2D eigenvalue weighted by Crippen LogP contribution is -1.99. The number of nitrogens with zero attached hydrogens (tertiary/aromatic N) is 1. The smallest absolute Gasteiger partial charge is 0.0705 e. The molecule has 0 amide bonds. The van der Waals surface area contributed by atoms with Crippen molar-refractivity contribution in [3.8, 4) is 11.3 Å². The summed E-state index contributed by atoms with van der Waals surface area (Å²) in [7, 11) is 0. The van der Waals surface area contributed by atoms with Crippen LogP contribution in [-0.2, 0) is 0 Å². The van der Waals surface area contributed by atoms with Crippen molar-refractivity contribution in [1.82, 2.24) is 4.98 Å². The number of hydrogen-bond donors (Lipinski definition) is 0. The molecule has 1 heteroatoms. The first kappa shape index (κ1) is 12.1. The summed E-state index contributed by atoms with van der Waals surface area (Å²) in [5.41, 5.74) is 5.95. The summed E-state index contributed by atoms with van der Waals surface area (Å²) in [6.45, 7) is 0. The van der Waals surface area contributed by atoms with E-state index in [0.29, 0.717) is 0 Å². The van der Waals surface area contributed by atoms with Gasteiger partial charge in [0.25, 0.3) is 0 Å². The average molecular weight is 269 g/mol. The van der Waals surface area contributed by atoms with Crippen molar-refractivity contribution in [1.29, 1.82) is 0 Å². The van der Waals surface area contributed by atoms with Crippen molar-refractivity contribution < 1.29 is 0 Å². The van der Waals surface area contributed by atoms with Crippen LogP contribution >= 0.6 is 0 Å². The number of benzene rings is 2. The molecular formula is C20H15N. The Kier molecular flexibility index (Phi) is 2.89. The summed E-state index contributed by atoms with van der Waals surface area (Å²) in [4.78, 5) is 4.87. The van der Waals surface area contributed by atoms with Crippen molar-refractivity contribution in [2.45, 2.75) is 5.92 Å². The highest BCUT2D eigenvalue weighted by atomic mass is 14.7. The maximum atomic E-state index is 4.87. The van der Waals surface area contributed by atoms with E-state index in [0.717, 1.165) is 17.0 Å². The Balaban J connectivity index is 1.77. The minimum absolute atomic E-state index is 0.268. The molecule has 1 atom stereocenters. The number of fused-ring (bicyclic) bond motifs is 1. The van der Waals surface area contributed by atoms with E-state index in [-0.39, 0.29) is 5.92 Å². The van der Waals surface area contributed by atoms with Crippen LogP contribution in [0.2, 0.25) is 0 Å². The van der Waals surface area contributed by atoms with Gasteiger partial charge in [0.05, 0.1) is 11.4 Å². The Hall–Kier alpha value is -2.67. The molecule has 0 radical (unpaired) electrons. The predicted molar refractivity (Wildman–Crippen MR) is 87.0 cm³/mol. The third-order valence-electron chi connectivity index (χ3n) is 3.96. The van der Waals surface area contributed by atoms with E-state index in [1.165, 1.54) is 11.1 Å². The summed E-state index contributed by atoms with van der Waals surface area (Å²) in [5.74, 6) is 0.268. The van der Waals surface area contributed by atoms with E-state index in [1.54, 1.807) is 0 Å². The summed E-state index contributed by atoms with van der Waals surface area (Å²) in [6.07, 6.45) is 4.43. The fourth-order valence-electron chi connectivity index (χ4n) is 2.90. The Morgan fingerprint density at radius 2 is 1.52 bits per heavy atom. The van der Waals surface area contributed by atoms with Crippen LogP contribution in [0.15, 0.2) is 78.9 Å². The highest BCUT2D eigenvalue weighted by molar-refractivity contribution is 5.65. The van der Waals surface area contributed by atoms with Crippen LogP contribution in [0.3, 0.4) is 0 Å². The molecular weight excluding hydrogens is 254 g/mol. The third-order valence-corrected chi connectivity index (χ3v) is 3.96. The zero-order chi connectivity index (χ0) is 14.1. The SMILES string of the molecule is C1=CC(c2cccc(-c3ccccc3)n2)c2ccccc21. The average Bonchev–Trinajstić information content (AvgIpc) is 3.00. The van der Waals surface area contributed by atoms with Gasteiger partial charge in [-0.3, -0.25) is 4.98 Å².